The van der Waals surface area contributed by atoms with Crippen molar-refractivity contribution in [2.24, 2.45) is 0 Å². The molecule has 3 heteroatoms. The first-order valence-electron chi connectivity index (χ1n) is 6.96. The summed E-state index contributed by atoms with van der Waals surface area (Å²) in [5.74, 6) is 1.40. The zero-order chi connectivity index (χ0) is 14.5. The molecule has 0 spiro atoms. The van der Waals surface area contributed by atoms with E-state index in [1.165, 1.54) is 5.56 Å². The van der Waals surface area contributed by atoms with Gasteiger partial charge < -0.3 is 15.2 Å². The van der Waals surface area contributed by atoms with E-state index in [1.807, 2.05) is 33.0 Å². The number of hydrogen-bond donors (Lipinski definition) is 2. The van der Waals surface area contributed by atoms with Gasteiger partial charge in [-0.3, -0.25) is 0 Å². The van der Waals surface area contributed by atoms with Gasteiger partial charge in [-0.05, 0) is 44.5 Å². The fourth-order valence-corrected chi connectivity index (χ4v) is 2.10. The smallest absolute Gasteiger partial charge is 0.119 e. The number of hydrogen-bond acceptors (Lipinski definition) is 3. The van der Waals surface area contributed by atoms with E-state index in [0.29, 0.717) is 5.92 Å². The Kier molecular flexibility index (Phi) is 5.83. The summed E-state index contributed by atoms with van der Waals surface area (Å²) in [4.78, 5) is 0. The molecule has 19 heavy (non-hydrogen) atoms. The lowest BCUT2D eigenvalue weighted by Crippen LogP contribution is -2.46. The highest BCUT2D eigenvalue weighted by molar-refractivity contribution is 5.30. The van der Waals surface area contributed by atoms with Gasteiger partial charge in [-0.15, -0.1) is 0 Å². The molecule has 0 aromatic heterocycles. The predicted octanol–water partition coefficient (Wildman–Crippen LogP) is 2.94. The summed E-state index contributed by atoms with van der Waals surface area (Å²) in [6.07, 6.45) is 0.804. The molecule has 1 aromatic rings. The Morgan fingerprint density at radius 1 is 1.32 bits per heavy atom. The standard InChI is InChI=1S/C16H27NO2/c1-12(2)14-7-6-8-15(9-14)19-13(3)10-16(4,11-18)17-5/h6-9,12-13,17-18H,10-11H2,1-5H3. The minimum Gasteiger partial charge on any atom is -0.491 e. The van der Waals surface area contributed by atoms with Gasteiger partial charge in [-0.2, -0.15) is 0 Å². The van der Waals surface area contributed by atoms with Gasteiger partial charge >= 0.3 is 0 Å². The molecular weight excluding hydrogens is 238 g/mol. The number of aliphatic hydroxyl groups is 1. The molecule has 0 aliphatic heterocycles. The van der Waals surface area contributed by atoms with E-state index in [2.05, 4.69) is 31.3 Å². The van der Waals surface area contributed by atoms with Crippen LogP contribution >= 0.6 is 0 Å². The third-order valence-corrected chi connectivity index (χ3v) is 3.55. The molecule has 3 nitrogen and oxygen atoms in total. The number of aliphatic hydroxyl groups excluding tert-OH is 1. The van der Waals surface area contributed by atoms with Crippen molar-refractivity contribution in [1.82, 2.24) is 5.32 Å². The highest BCUT2D eigenvalue weighted by Gasteiger charge is 2.24. The summed E-state index contributed by atoms with van der Waals surface area (Å²) in [5, 5.41) is 12.5. The van der Waals surface area contributed by atoms with Crippen LogP contribution in [0, 0.1) is 0 Å². The third-order valence-electron chi connectivity index (χ3n) is 3.55. The maximum absolute atomic E-state index is 9.40. The highest BCUT2D eigenvalue weighted by Crippen LogP contribution is 2.22. The van der Waals surface area contributed by atoms with E-state index in [0.717, 1.165) is 12.2 Å². The van der Waals surface area contributed by atoms with Crippen LogP contribution < -0.4 is 10.1 Å². The summed E-state index contributed by atoms with van der Waals surface area (Å²) >= 11 is 0. The minimum absolute atomic E-state index is 0.0482. The average Bonchev–Trinajstić information content (AvgIpc) is 2.38. The van der Waals surface area contributed by atoms with Crippen LogP contribution in [-0.4, -0.2) is 30.4 Å². The normalized spacial score (nSPS) is 16.2. The van der Waals surface area contributed by atoms with Crippen LogP contribution in [0.25, 0.3) is 0 Å². The summed E-state index contributed by atoms with van der Waals surface area (Å²) in [6.45, 7) is 8.48. The third kappa shape index (κ3) is 4.84. The number of benzene rings is 1. The van der Waals surface area contributed by atoms with Crippen molar-refractivity contribution in [1.29, 1.82) is 0 Å². The first kappa shape index (κ1) is 16.0. The number of ether oxygens (including phenoxy) is 1. The SMILES string of the molecule is CNC(C)(CO)CC(C)Oc1cccc(C(C)C)c1. The summed E-state index contributed by atoms with van der Waals surface area (Å²) < 4.78 is 5.95. The summed E-state index contributed by atoms with van der Waals surface area (Å²) in [7, 11) is 1.86. The second-order valence-corrected chi connectivity index (χ2v) is 5.83. The Morgan fingerprint density at radius 3 is 2.53 bits per heavy atom. The van der Waals surface area contributed by atoms with Gasteiger partial charge in [-0.1, -0.05) is 26.0 Å². The predicted molar refractivity (Wildman–Crippen MR) is 79.8 cm³/mol. The Balaban J connectivity index is 2.66. The Bertz CT molecular complexity index is 386. The van der Waals surface area contributed by atoms with Crippen LogP contribution in [0.3, 0.4) is 0 Å². The molecule has 1 aromatic carbocycles. The maximum atomic E-state index is 9.40. The van der Waals surface area contributed by atoms with Crippen molar-refractivity contribution in [3.05, 3.63) is 29.8 Å². The molecule has 0 amide bonds. The first-order valence-corrected chi connectivity index (χ1v) is 6.96. The number of nitrogens with one attached hydrogen (secondary N) is 1. The molecule has 1 rings (SSSR count). The van der Waals surface area contributed by atoms with Crippen LogP contribution in [0.2, 0.25) is 0 Å². The Hall–Kier alpha value is -1.06. The van der Waals surface area contributed by atoms with E-state index in [-0.39, 0.29) is 18.2 Å². The topological polar surface area (TPSA) is 41.5 Å². The molecule has 0 heterocycles. The van der Waals surface area contributed by atoms with Crippen LogP contribution in [0.5, 0.6) is 5.75 Å². The van der Waals surface area contributed by atoms with Crippen molar-refractivity contribution in [2.45, 2.75) is 51.7 Å². The zero-order valence-electron chi connectivity index (χ0n) is 12.7. The minimum atomic E-state index is -0.297. The average molecular weight is 265 g/mol. The van der Waals surface area contributed by atoms with E-state index < -0.39 is 0 Å². The first-order chi connectivity index (χ1) is 8.90. The van der Waals surface area contributed by atoms with Gasteiger partial charge in [0.15, 0.2) is 0 Å². The molecule has 0 aliphatic rings. The molecule has 108 valence electrons. The van der Waals surface area contributed by atoms with E-state index in [9.17, 15) is 5.11 Å². The van der Waals surface area contributed by atoms with Crippen LogP contribution in [-0.2, 0) is 0 Å². The summed E-state index contributed by atoms with van der Waals surface area (Å²) in [6, 6.07) is 8.23. The lowest BCUT2D eigenvalue weighted by Gasteiger charge is -2.30. The fourth-order valence-electron chi connectivity index (χ4n) is 2.10. The van der Waals surface area contributed by atoms with Crippen molar-refractivity contribution in [3.8, 4) is 5.75 Å². The molecule has 0 radical (unpaired) electrons. The highest BCUT2D eigenvalue weighted by atomic mass is 16.5. The van der Waals surface area contributed by atoms with Crippen molar-refractivity contribution >= 4 is 0 Å². The van der Waals surface area contributed by atoms with Crippen molar-refractivity contribution < 1.29 is 9.84 Å². The maximum Gasteiger partial charge on any atom is 0.119 e. The van der Waals surface area contributed by atoms with E-state index >= 15 is 0 Å². The van der Waals surface area contributed by atoms with Crippen LogP contribution in [0.1, 0.15) is 45.6 Å². The molecule has 0 saturated carbocycles. The molecule has 0 fully saturated rings. The quantitative estimate of drug-likeness (QED) is 0.796. The van der Waals surface area contributed by atoms with Crippen molar-refractivity contribution in [3.63, 3.8) is 0 Å². The van der Waals surface area contributed by atoms with E-state index in [4.69, 9.17) is 4.74 Å². The van der Waals surface area contributed by atoms with Crippen LogP contribution in [0.15, 0.2) is 24.3 Å². The molecule has 0 saturated heterocycles. The number of rotatable bonds is 7. The van der Waals surface area contributed by atoms with Gasteiger partial charge in [0.2, 0.25) is 0 Å². The van der Waals surface area contributed by atoms with Crippen molar-refractivity contribution in [2.75, 3.05) is 13.7 Å². The Labute approximate surface area is 117 Å². The van der Waals surface area contributed by atoms with E-state index in [1.54, 1.807) is 0 Å². The van der Waals surface area contributed by atoms with Gasteiger partial charge in [0.1, 0.15) is 5.75 Å². The second-order valence-electron chi connectivity index (χ2n) is 5.83. The molecule has 2 unspecified atom stereocenters. The lowest BCUT2D eigenvalue weighted by molar-refractivity contribution is 0.115. The molecule has 2 N–H and O–H groups in total. The fraction of sp³-hybridized carbons (Fsp3) is 0.625. The molecular formula is C16H27NO2. The van der Waals surface area contributed by atoms with Gasteiger partial charge in [0, 0.05) is 12.0 Å². The van der Waals surface area contributed by atoms with Crippen LogP contribution in [0.4, 0.5) is 0 Å². The molecule has 0 bridgehead atoms. The summed E-state index contributed by atoms with van der Waals surface area (Å²) in [5.41, 5.74) is 0.984. The zero-order valence-corrected chi connectivity index (χ0v) is 12.7. The van der Waals surface area contributed by atoms with Gasteiger partial charge in [0.05, 0.1) is 12.7 Å². The van der Waals surface area contributed by atoms with Gasteiger partial charge in [-0.25, -0.2) is 0 Å². The Morgan fingerprint density at radius 2 is 2.00 bits per heavy atom. The second kappa shape index (κ2) is 6.92. The number of likely N-dealkylation sites (N-methyl/N-ethyl adjacent to an activating group) is 1. The van der Waals surface area contributed by atoms with Gasteiger partial charge in [0.25, 0.3) is 0 Å². The molecule has 0 aliphatic carbocycles. The largest absolute Gasteiger partial charge is 0.491 e. The molecule has 2 atom stereocenters. The lowest BCUT2D eigenvalue weighted by atomic mass is 9.96. The monoisotopic (exact) mass is 265 g/mol.